The summed E-state index contributed by atoms with van der Waals surface area (Å²) >= 11 is 0. The fraction of sp³-hybridized carbons (Fsp3) is 0.625. The van der Waals surface area contributed by atoms with E-state index in [-0.39, 0.29) is 18.4 Å². The van der Waals surface area contributed by atoms with E-state index in [9.17, 15) is 14.4 Å². The van der Waals surface area contributed by atoms with Crippen molar-refractivity contribution < 1.29 is 14.4 Å². The fourth-order valence-electron chi connectivity index (χ4n) is 1.18. The van der Waals surface area contributed by atoms with Gasteiger partial charge in [-0.05, 0) is 13.8 Å². The maximum Gasteiger partial charge on any atom is 0.325 e. The van der Waals surface area contributed by atoms with Gasteiger partial charge in [-0.3, -0.25) is 14.5 Å². The third-order valence-corrected chi connectivity index (χ3v) is 2.02. The number of nitrogens with zero attached hydrogens (tertiary/aromatic N) is 1. The van der Waals surface area contributed by atoms with Crippen LogP contribution in [0.25, 0.3) is 0 Å². The number of carbonyl (C=O) groups excluding carboxylic acids is 3. The zero-order chi connectivity index (χ0) is 10.9. The van der Waals surface area contributed by atoms with Gasteiger partial charge in [0.05, 0.1) is 0 Å². The number of imide groups is 1. The SMILES string of the molecule is CNC(=O)CN1C(=O)NC(C)(C)C1=O. The number of hydrogen-bond acceptors (Lipinski definition) is 3. The summed E-state index contributed by atoms with van der Waals surface area (Å²) in [6, 6.07) is -0.524. The van der Waals surface area contributed by atoms with Gasteiger partial charge < -0.3 is 10.6 Å². The van der Waals surface area contributed by atoms with E-state index in [2.05, 4.69) is 10.6 Å². The first-order valence-corrected chi connectivity index (χ1v) is 4.23. The third-order valence-electron chi connectivity index (χ3n) is 2.02. The van der Waals surface area contributed by atoms with Crippen molar-refractivity contribution in [3.63, 3.8) is 0 Å². The molecule has 1 fully saturated rings. The van der Waals surface area contributed by atoms with Crippen LogP contribution in [0.2, 0.25) is 0 Å². The van der Waals surface area contributed by atoms with Crippen LogP contribution in [0.3, 0.4) is 0 Å². The highest BCUT2D eigenvalue weighted by Crippen LogP contribution is 2.15. The van der Waals surface area contributed by atoms with Gasteiger partial charge in [0, 0.05) is 7.05 Å². The topological polar surface area (TPSA) is 78.5 Å². The zero-order valence-electron chi connectivity index (χ0n) is 8.38. The van der Waals surface area contributed by atoms with Gasteiger partial charge in [0.2, 0.25) is 5.91 Å². The Morgan fingerprint density at radius 3 is 2.43 bits per heavy atom. The molecule has 6 nitrogen and oxygen atoms in total. The molecule has 2 N–H and O–H groups in total. The molecule has 1 aliphatic heterocycles. The number of carbonyl (C=O) groups is 3. The van der Waals surface area contributed by atoms with E-state index in [0.717, 1.165) is 4.90 Å². The Hall–Kier alpha value is -1.59. The monoisotopic (exact) mass is 199 g/mol. The number of amides is 4. The number of nitrogens with one attached hydrogen (secondary N) is 2. The minimum absolute atomic E-state index is 0.232. The number of rotatable bonds is 2. The van der Waals surface area contributed by atoms with Crippen LogP contribution in [0.4, 0.5) is 4.79 Å². The molecule has 14 heavy (non-hydrogen) atoms. The van der Waals surface area contributed by atoms with Crippen LogP contribution in [-0.2, 0) is 9.59 Å². The number of likely N-dealkylation sites (N-methyl/N-ethyl adjacent to an activating group) is 1. The van der Waals surface area contributed by atoms with Crippen LogP contribution in [0.15, 0.2) is 0 Å². The molecule has 0 atom stereocenters. The highest BCUT2D eigenvalue weighted by molar-refractivity contribution is 6.08. The van der Waals surface area contributed by atoms with Gasteiger partial charge in [-0.15, -0.1) is 0 Å². The van der Waals surface area contributed by atoms with Gasteiger partial charge in [-0.25, -0.2) is 4.79 Å². The van der Waals surface area contributed by atoms with Crippen molar-refractivity contribution in [2.75, 3.05) is 13.6 Å². The summed E-state index contributed by atoms with van der Waals surface area (Å²) < 4.78 is 0. The Balaban J connectivity index is 2.76. The van der Waals surface area contributed by atoms with Crippen LogP contribution in [0.1, 0.15) is 13.8 Å². The molecule has 0 saturated carbocycles. The van der Waals surface area contributed by atoms with Gasteiger partial charge in [0.25, 0.3) is 5.91 Å². The molecule has 1 saturated heterocycles. The van der Waals surface area contributed by atoms with Crippen molar-refractivity contribution in [2.24, 2.45) is 0 Å². The number of urea groups is 1. The first kappa shape index (κ1) is 10.5. The molecule has 0 aliphatic carbocycles. The lowest BCUT2D eigenvalue weighted by atomic mass is 10.1. The minimum atomic E-state index is -0.912. The lowest BCUT2D eigenvalue weighted by Gasteiger charge is -2.14. The van der Waals surface area contributed by atoms with Crippen molar-refractivity contribution in [1.29, 1.82) is 0 Å². The molecule has 1 aliphatic rings. The molecule has 0 aromatic carbocycles. The minimum Gasteiger partial charge on any atom is -0.358 e. The van der Waals surface area contributed by atoms with Gasteiger partial charge in [-0.2, -0.15) is 0 Å². The molecule has 0 aromatic heterocycles. The Bertz CT molecular complexity index is 298. The Morgan fingerprint density at radius 2 is 2.07 bits per heavy atom. The van der Waals surface area contributed by atoms with Gasteiger partial charge >= 0.3 is 6.03 Å². The molecular weight excluding hydrogens is 186 g/mol. The van der Waals surface area contributed by atoms with E-state index in [1.807, 2.05) is 0 Å². The van der Waals surface area contributed by atoms with Gasteiger partial charge in [0.1, 0.15) is 12.1 Å². The maximum atomic E-state index is 11.6. The van der Waals surface area contributed by atoms with Crippen LogP contribution in [0, 0.1) is 0 Å². The van der Waals surface area contributed by atoms with E-state index < -0.39 is 11.6 Å². The molecule has 4 amide bonds. The highest BCUT2D eigenvalue weighted by Gasteiger charge is 2.44. The van der Waals surface area contributed by atoms with Crippen molar-refractivity contribution in [1.82, 2.24) is 15.5 Å². The van der Waals surface area contributed by atoms with E-state index in [1.54, 1.807) is 13.8 Å². The van der Waals surface area contributed by atoms with Crippen molar-refractivity contribution in [3.8, 4) is 0 Å². The number of hydrogen-bond donors (Lipinski definition) is 2. The molecular formula is C8H13N3O3. The van der Waals surface area contributed by atoms with Crippen molar-refractivity contribution in [2.45, 2.75) is 19.4 Å². The second-order valence-corrected chi connectivity index (χ2v) is 3.62. The van der Waals surface area contributed by atoms with E-state index in [4.69, 9.17) is 0 Å². The van der Waals surface area contributed by atoms with Crippen molar-refractivity contribution >= 4 is 17.8 Å². The van der Waals surface area contributed by atoms with E-state index in [1.165, 1.54) is 7.05 Å². The molecule has 0 spiro atoms. The standard InChI is InChI=1S/C8H13N3O3/c1-8(2)6(13)11(7(14)10-8)4-5(12)9-3/h4H2,1-3H3,(H,9,12)(H,10,14). The summed E-state index contributed by atoms with van der Waals surface area (Å²) in [4.78, 5) is 34.7. The second-order valence-electron chi connectivity index (χ2n) is 3.62. The van der Waals surface area contributed by atoms with E-state index >= 15 is 0 Å². The normalized spacial score (nSPS) is 19.5. The van der Waals surface area contributed by atoms with Gasteiger partial charge in [-0.1, -0.05) is 0 Å². The average molecular weight is 199 g/mol. The quantitative estimate of drug-likeness (QED) is 0.563. The van der Waals surface area contributed by atoms with Crippen LogP contribution in [-0.4, -0.2) is 41.9 Å². The first-order valence-electron chi connectivity index (χ1n) is 4.23. The molecule has 1 heterocycles. The second kappa shape index (κ2) is 3.28. The zero-order valence-corrected chi connectivity index (χ0v) is 8.38. The van der Waals surface area contributed by atoms with Crippen LogP contribution < -0.4 is 10.6 Å². The molecule has 78 valence electrons. The van der Waals surface area contributed by atoms with Crippen LogP contribution >= 0.6 is 0 Å². The van der Waals surface area contributed by atoms with Crippen molar-refractivity contribution in [3.05, 3.63) is 0 Å². The predicted octanol–water partition coefficient (Wildman–Crippen LogP) is -0.937. The van der Waals surface area contributed by atoms with Crippen LogP contribution in [0.5, 0.6) is 0 Å². The molecule has 6 heteroatoms. The summed E-state index contributed by atoms with van der Waals surface area (Å²) in [6.07, 6.45) is 0. The fourth-order valence-corrected chi connectivity index (χ4v) is 1.18. The predicted molar refractivity (Wildman–Crippen MR) is 48.4 cm³/mol. The first-order chi connectivity index (χ1) is 6.38. The molecule has 0 radical (unpaired) electrons. The smallest absolute Gasteiger partial charge is 0.325 e. The Morgan fingerprint density at radius 1 is 1.50 bits per heavy atom. The average Bonchev–Trinajstić information content (AvgIpc) is 2.28. The molecule has 1 rings (SSSR count). The summed E-state index contributed by atoms with van der Waals surface area (Å²) in [7, 11) is 1.45. The summed E-state index contributed by atoms with van der Waals surface area (Å²) in [5, 5.41) is 4.83. The van der Waals surface area contributed by atoms with E-state index in [0.29, 0.717) is 0 Å². The highest BCUT2D eigenvalue weighted by atomic mass is 16.2. The Labute approximate surface area is 81.6 Å². The summed E-state index contributed by atoms with van der Waals surface area (Å²) in [6.45, 7) is 2.96. The van der Waals surface area contributed by atoms with Gasteiger partial charge in [0.15, 0.2) is 0 Å². The molecule has 0 unspecified atom stereocenters. The lowest BCUT2D eigenvalue weighted by molar-refractivity contribution is -0.134. The summed E-state index contributed by atoms with van der Waals surface area (Å²) in [5.74, 6) is -0.752. The Kier molecular flexibility index (Phi) is 2.46. The maximum absolute atomic E-state index is 11.6. The largest absolute Gasteiger partial charge is 0.358 e. The third kappa shape index (κ3) is 1.68. The summed E-state index contributed by atoms with van der Waals surface area (Å²) in [5.41, 5.74) is -0.912. The lowest BCUT2D eigenvalue weighted by Crippen LogP contribution is -2.42. The molecule has 0 aromatic rings. The molecule has 0 bridgehead atoms.